The third-order valence-electron chi connectivity index (χ3n) is 4.00. The van der Waals surface area contributed by atoms with E-state index in [1.807, 2.05) is 46.5 Å². The molecule has 1 aromatic carbocycles. The summed E-state index contributed by atoms with van der Waals surface area (Å²) in [6.07, 6.45) is 0.0790. The van der Waals surface area contributed by atoms with Gasteiger partial charge in [0.1, 0.15) is 11.6 Å². The van der Waals surface area contributed by atoms with Gasteiger partial charge in [-0.15, -0.1) is 11.3 Å². The van der Waals surface area contributed by atoms with Gasteiger partial charge in [0.25, 0.3) is 5.91 Å². The molecule has 1 amide bonds. The zero-order chi connectivity index (χ0) is 19.3. The molecule has 0 saturated carbocycles. The Hall–Kier alpha value is -3.04. The largest absolute Gasteiger partial charge is 0.459 e. The number of H-pyrrole nitrogens is 1. The normalized spacial score (nSPS) is 10.9. The number of thiazole rings is 1. The lowest BCUT2D eigenvalue weighted by Gasteiger charge is -2.04. The van der Waals surface area contributed by atoms with Crippen LogP contribution in [0.15, 0.2) is 46.5 Å². The second-order valence-electron chi connectivity index (χ2n) is 5.94. The number of nitrogens with zero attached hydrogens (tertiary/aromatic N) is 2. The lowest BCUT2D eigenvalue weighted by Crippen LogP contribution is -2.27. The van der Waals surface area contributed by atoms with Crippen LogP contribution in [0.5, 0.6) is 0 Å². The molecule has 3 aromatic heterocycles. The minimum Gasteiger partial charge on any atom is -0.459 e. The maximum Gasteiger partial charge on any atom is 0.307 e. The van der Waals surface area contributed by atoms with Crippen LogP contribution < -0.4 is 5.32 Å². The van der Waals surface area contributed by atoms with Gasteiger partial charge in [-0.1, -0.05) is 18.2 Å². The fourth-order valence-electron chi connectivity index (χ4n) is 2.62. The standard InChI is InChI=1S/C19H16N4O3S2/c24-16(26-9-13-11-28-19(21-13)12-6-8-27-10-12)5-7-20-18(25)17-14-3-1-2-4-15(14)22-23-17/h1-4,6,8,10-11H,5,7,9H2,(H,20,25)(H,22,23). The van der Waals surface area contributed by atoms with Crippen LogP contribution in [0.3, 0.4) is 0 Å². The molecule has 0 spiro atoms. The summed E-state index contributed by atoms with van der Waals surface area (Å²) in [4.78, 5) is 28.6. The molecule has 0 bridgehead atoms. The number of thiophene rings is 1. The summed E-state index contributed by atoms with van der Waals surface area (Å²) in [5.41, 5.74) is 2.89. The number of esters is 1. The van der Waals surface area contributed by atoms with Gasteiger partial charge < -0.3 is 10.1 Å². The Morgan fingerprint density at radius 3 is 2.93 bits per heavy atom. The number of nitrogens with one attached hydrogen (secondary N) is 2. The fourth-order valence-corrected chi connectivity index (χ4v) is 4.13. The molecule has 0 radical (unpaired) electrons. The molecule has 0 fully saturated rings. The van der Waals surface area contributed by atoms with Crippen molar-refractivity contribution in [3.8, 4) is 10.6 Å². The highest BCUT2D eigenvalue weighted by atomic mass is 32.1. The first kappa shape index (κ1) is 18.3. The summed E-state index contributed by atoms with van der Waals surface area (Å²) in [7, 11) is 0. The van der Waals surface area contributed by atoms with E-state index in [4.69, 9.17) is 4.74 Å². The molecule has 2 N–H and O–H groups in total. The minimum atomic E-state index is -0.391. The van der Waals surface area contributed by atoms with Crippen LogP contribution in [-0.2, 0) is 16.1 Å². The number of aromatic amines is 1. The minimum absolute atomic E-state index is 0.0790. The van der Waals surface area contributed by atoms with E-state index in [1.54, 1.807) is 11.3 Å². The van der Waals surface area contributed by atoms with Gasteiger partial charge in [0, 0.05) is 28.3 Å². The van der Waals surface area contributed by atoms with Gasteiger partial charge in [-0.05, 0) is 17.5 Å². The number of benzene rings is 1. The fraction of sp³-hybridized carbons (Fsp3) is 0.158. The molecule has 28 heavy (non-hydrogen) atoms. The number of ether oxygens (including phenoxy) is 1. The molecule has 0 unspecified atom stereocenters. The Morgan fingerprint density at radius 1 is 1.18 bits per heavy atom. The van der Waals surface area contributed by atoms with E-state index in [1.165, 1.54) is 11.3 Å². The third kappa shape index (κ3) is 4.10. The second-order valence-corrected chi connectivity index (χ2v) is 7.58. The molecule has 0 aliphatic rings. The number of para-hydroxylation sites is 1. The first-order valence-electron chi connectivity index (χ1n) is 8.54. The molecule has 0 saturated heterocycles. The van der Waals surface area contributed by atoms with Gasteiger partial charge in [0.2, 0.25) is 0 Å². The summed E-state index contributed by atoms with van der Waals surface area (Å²) in [5.74, 6) is -0.720. The summed E-state index contributed by atoms with van der Waals surface area (Å²) >= 11 is 3.13. The van der Waals surface area contributed by atoms with Crippen LogP contribution in [0.25, 0.3) is 21.5 Å². The summed E-state index contributed by atoms with van der Waals surface area (Å²) < 4.78 is 5.24. The Labute approximate surface area is 168 Å². The lowest BCUT2D eigenvalue weighted by molar-refractivity contribution is -0.144. The smallest absolute Gasteiger partial charge is 0.307 e. The molecule has 142 valence electrons. The second kappa shape index (κ2) is 8.32. The van der Waals surface area contributed by atoms with Crippen LogP contribution in [0.2, 0.25) is 0 Å². The van der Waals surface area contributed by atoms with Crippen molar-refractivity contribution in [3.05, 3.63) is 57.9 Å². The van der Waals surface area contributed by atoms with Crippen LogP contribution >= 0.6 is 22.7 Å². The van der Waals surface area contributed by atoms with E-state index in [2.05, 4.69) is 20.5 Å². The average molecular weight is 412 g/mol. The van der Waals surface area contributed by atoms with Crippen molar-refractivity contribution in [3.63, 3.8) is 0 Å². The summed E-state index contributed by atoms with van der Waals surface area (Å²) in [6.45, 7) is 0.299. The van der Waals surface area contributed by atoms with E-state index < -0.39 is 5.97 Å². The number of fused-ring (bicyclic) bond motifs is 1. The van der Waals surface area contributed by atoms with Crippen LogP contribution in [0.4, 0.5) is 0 Å². The van der Waals surface area contributed by atoms with E-state index >= 15 is 0 Å². The van der Waals surface area contributed by atoms with Gasteiger partial charge in [-0.3, -0.25) is 14.7 Å². The highest BCUT2D eigenvalue weighted by molar-refractivity contribution is 7.14. The molecule has 3 heterocycles. The lowest BCUT2D eigenvalue weighted by atomic mass is 10.2. The number of hydrogen-bond donors (Lipinski definition) is 2. The molecule has 4 aromatic rings. The van der Waals surface area contributed by atoms with Gasteiger partial charge in [0.15, 0.2) is 5.69 Å². The van der Waals surface area contributed by atoms with Crippen LogP contribution in [0.1, 0.15) is 22.6 Å². The van der Waals surface area contributed by atoms with Crippen molar-refractivity contribution in [2.24, 2.45) is 0 Å². The predicted molar refractivity (Wildman–Crippen MR) is 108 cm³/mol. The van der Waals surface area contributed by atoms with E-state index in [-0.39, 0.29) is 25.5 Å². The summed E-state index contributed by atoms with van der Waals surface area (Å²) in [6, 6.07) is 9.38. The molecule has 0 aliphatic heterocycles. The monoisotopic (exact) mass is 412 g/mol. The third-order valence-corrected chi connectivity index (χ3v) is 5.62. The number of rotatable bonds is 7. The zero-order valence-corrected chi connectivity index (χ0v) is 16.3. The zero-order valence-electron chi connectivity index (χ0n) is 14.7. The van der Waals surface area contributed by atoms with Gasteiger partial charge >= 0.3 is 5.97 Å². The molecule has 0 atom stereocenters. The van der Waals surface area contributed by atoms with Crippen molar-refractivity contribution >= 4 is 45.5 Å². The first-order chi connectivity index (χ1) is 13.7. The van der Waals surface area contributed by atoms with Gasteiger partial charge in [-0.25, -0.2) is 4.98 Å². The Bertz CT molecular complexity index is 1100. The molecule has 7 nitrogen and oxygen atoms in total. The van der Waals surface area contributed by atoms with E-state index in [9.17, 15) is 9.59 Å². The quantitative estimate of drug-likeness (QED) is 0.452. The maximum absolute atomic E-state index is 12.2. The van der Waals surface area contributed by atoms with Gasteiger partial charge in [-0.2, -0.15) is 16.4 Å². The van der Waals surface area contributed by atoms with E-state index in [0.29, 0.717) is 11.4 Å². The van der Waals surface area contributed by atoms with Crippen molar-refractivity contribution in [1.82, 2.24) is 20.5 Å². The molecule has 9 heteroatoms. The molecular formula is C19H16N4O3S2. The molecule has 4 rings (SSSR count). The average Bonchev–Trinajstić information content (AvgIpc) is 3.46. The van der Waals surface area contributed by atoms with Crippen molar-refractivity contribution in [2.75, 3.05) is 6.54 Å². The number of aromatic nitrogens is 3. The number of amides is 1. The Morgan fingerprint density at radius 2 is 2.07 bits per heavy atom. The van der Waals surface area contributed by atoms with Crippen molar-refractivity contribution < 1.29 is 14.3 Å². The van der Waals surface area contributed by atoms with Gasteiger partial charge in [0.05, 0.1) is 17.6 Å². The summed E-state index contributed by atoms with van der Waals surface area (Å²) in [5, 5.41) is 17.1. The Balaban J connectivity index is 1.23. The van der Waals surface area contributed by atoms with Crippen LogP contribution in [0, 0.1) is 0 Å². The maximum atomic E-state index is 12.2. The number of carbonyl (C=O) groups is 2. The highest BCUT2D eigenvalue weighted by Gasteiger charge is 2.14. The first-order valence-corrected chi connectivity index (χ1v) is 10.4. The van der Waals surface area contributed by atoms with E-state index in [0.717, 1.165) is 21.5 Å². The number of hydrogen-bond acceptors (Lipinski definition) is 7. The van der Waals surface area contributed by atoms with Crippen molar-refractivity contribution in [1.29, 1.82) is 0 Å². The molecule has 0 aliphatic carbocycles. The highest BCUT2D eigenvalue weighted by Crippen LogP contribution is 2.25. The number of carbonyl (C=O) groups excluding carboxylic acids is 2. The topological polar surface area (TPSA) is 97.0 Å². The predicted octanol–water partition coefficient (Wildman–Crippen LogP) is 3.61. The van der Waals surface area contributed by atoms with Crippen molar-refractivity contribution in [2.45, 2.75) is 13.0 Å². The van der Waals surface area contributed by atoms with Crippen LogP contribution in [-0.4, -0.2) is 33.6 Å². The Kier molecular flexibility index (Phi) is 5.45. The molecular weight excluding hydrogens is 396 g/mol. The SMILES string of the molecule is O=C(CCNC(=O)c1n[nH]c2ccccc12)OCc1csc(-c2ccsc2)n1.